The van der Waals surface area contributed by atoms with Gasteiger partial charge in [-0.2, -0.15) is 0 Å². The summed E-state index contributed by atoms with van der Waals surface area (Å²) in [4.78, 5) is 27.9. The van der Waals surface area contributed by atoms with Crippen LogP contribution in [0.3, 0.4) is 0 Å². The summed E-state index contributed by atoms with van der Waals surface area (Å²) in [7, 11) is 0. The van der Waals surface area contributed by atoms with E-state index in [1.54, 1.807) is 6.07 Å². The zero-order valence-electron chi connectivity index (χ0n) is 11.8. The van der Waals surface area contributed by atoms with E-state index < -0.39 is 23.8 Å². The van der Waals surface area contributed by atoms with Gasteiger partial charge in [-0.3, -0.25) is 4.79 Å². The molecule has 0 saturated heterocycles. The third-order valence-corrected chi connectivity index (χ3v) is 3.70. The lowest BCUT2D eigenvalue weighted by atomic mass is 10.2. The first kappa shape index (κ1) is 17.4. The molecule has 2 rings (SSSR count). The minimum absolute atomic E-state index is 0.00531. The third-order valence-electron chi connectivity index (χ3n) is 2.78. The molecule has 1 aromatic carbocycles. The number of pyridine rings is 1. The van der Waals surface area contributed by atoms with Gasteiger partial charge < -0.3 is 10.1 Å². The zero-order valence-corrected chi connectivity index (χ0v) is 14.2. The normalized spacial score (nSPS) is 11.7. The second-order valence-corrected chi connectivity index (χ2v) is 5.81. The van der Waals surface area contributed by atoms with E-state index in [2.05, 4.69) is 26.2 Å². The first-order valence-corrected chi connectivity index (χ1v) is 7.62. The lowest BCUT2D eigenvalue weighted by molar-refractivity contribution is -0.123. The Balaban J connectivity index is 2.01. The SMILES string of the molecule is C[C@H](OC(=O)c1cc(F)ccc1Br)C(=O)Nc1ccc(Cl)cn1. The van der Waals surface area contributed by atoms with Gasteiger partial charge in [0.1, 0.15) is 11.6 Å². The number of hydrogen-bond donors (Lipinski definition) is 1. The molecular formula is C15H11BrClFN2O3. The Labute approximate surface area is 144 Å². The van der Waals surface area contributed by atoms with Crippen molar-refractivity contribution >= 4 is 45.2 Å². The molecule has 1 heterocycles. The quantitative estimate of drug-likeness (QED) is 0.791. The number of anilines is 1. The minimum atomic E-state index is -1.09. The summed E-state index contributed by atoms with van der Waals surface area (Å²) in [5.74, 6) is -1.69. The van der Waals surface area contributed by atoms with Crippen molar-refractivity contribution in [1.82, 2.24) is 4.98 Å². The Kier molecular flexibility index (Phi) is 5.68. The number of aromatic nitrogens is 1. The van der Waals surface area contributed by atoms with Crippen LogP contribution in [0, 0.1) is 5.82 Å². The molecule has 0 aliphatic rings. The van der Waals surface area contributed by atoms with E-state index in [1.165, 1.54) is 31.3 Å². The van der Waals surface area contributed by atoms with Crippen LogP contribution in [0.2, 0.25) is 5.02 Å². The number of amides is 1. The van der Waals surface area contributed by atoms with E-state index in [9.17, 15) is 14.0 Å². The summed E-state index contributed by atoms with van der Waals surface area (Å²) >= 11 is 8.82. The second-order valence-electron chi connectivity index (χ2n) is 4.52. The predicted molar refractivity (Wildman–Crippen MR) is 86.9 cm³/mol. The van der Waals surface area contributed by atoms with Crippen LogP contribution in [0.15, 0.2) is 41.0 Å². The van der Waals surface area contributed by atoms with Crippen molar-refractivity contribution in [1.29, 1.82) is 0 Å². The summed E-state index contributed by atoms with van der Waals surface area (Å²) in [5.41, 5.74) is -0.00531. The Bertz CT molecular complexity index is 740. The van der Waals surface area contributed by atoms with Crippen LogP contribution in [0.5, 0.6) is 0 Å². The van der Waals surface area contributed by atoms with Gasteiger partial charge in [0.2, 0.25) is 0 Å². The van der Waals surface area contributed by atoms with Gasteiger partial charge in [-0.1, -0.05) is 11.6 Å². The average Bonchev–Trinajstić information content (AvgIpc) is 2.51. The van der Waals surface area contributed by atoms with E-state index in [4.69, 9.17) is 16.3 Å². The fraction of sp³-hybridized carbons (Fsp3) is 0.133. The number of rotatable bonds is 4. The summed E-state index contributed by atoms with van der Waals surface area (Å²) in [6.45, 7) is 1.40. The van der Waals surface area contributed by atoms with Crippen molar-refractivity contribution in [3.63, 3.8) is 0 Å². The number of carbonyl (C=O) groups excluding carboxylic acids is 2. The Morgan fingerprint density at radius 2 is 2.09 bits per heavy atom. The van der Waals surface area contributed by atoms with Gasteiger partial charge in [0, 0.05) is 10.7 Å². The molecule has 1 atom stereocenters. The standard InChI is InChI=1S/C15H11BrClFN2O3/c1-8(14(21)20-13-5-2-9(17)7-19-13)23-15(22)11-6-10(18)3-4-12(11)16/h2-8H,1H3,(H,19,20,21)/t8-/m0/s1. The first-order valence-electron chi connectivity index (χ1n) is 6.45. The van der Waals surface area contributed by atoms with Crippen LogP contribution >= 0.6 is 27.5 Å². The highest BCUT2D eigenvalue weighted by atomic mass is 79.9. The molecule has 0 unspecified atom stereocenters. The number of esters is 1. The van der Waals surface area contributed by atoms with Gasteiger partial charge >= 0.3 is 5.97 Å². The smallest absolute Gasteiger partial charge is 0.340 e. The molecule has 1 N–H and O–H groups in total. The fourth-order valence-electron chi connectivity index (χ4n) is 1.61. The van der Waals surface area contributed by atoms with Gasteiger partial charge in [0.05, 0.1) is 10.6 Å². The Morgan fingerprint density at radius 3 is 2.74 bits per heavy atom. The largest absolute Gasteiger partial charge is 0.449 e. The maximum absolute atomic E-state index is 13.2. The van der Waals surface area contributed by atoms with Gasteiger partial charge in [-0.05, 0) is 53.2 Å². The molecule has 1 amide bonds. The lowest BCUT2D eigenvalue weighted by Crippen LogP contribution is -2.30. The Hall–Kier alpha value is -1.99. The van der Waals surface area contributed by atoms with Crippen LogP contribution in [0.1, 0.15) is 17.3 Å². The average molecular weight is 402 g/mol. The molecule has 0 aliphatic carbocycles. The van der Waals surface area contributed by atoms with E-state index in [1.807, 2.05) is 0 Å². The number of nitrogens with zero attached hydrogens (tertiary/aromatic N) is 1. The molecule has 23 heavy (non-hydrogen) atoms. The highest BCUT2D eigenvalue weighted by Gasteiger charge is 2.21. The van der Waals surface area contributed by atoms with Crippen molar-refractivity contribution in [3.05, 3.63) is 57.4 Å². The molecular weight excluding hydrogens is 391 g/mol. The summed E-state index contributed by atoms with van der Waals surface area (Å²) < 4.78 is 18.6. The molecule has 0 radical (unpaired) electrons. The lowest BCUT2D eigenvalue weighted by Gasteiger charge is -2.13. The molecule has 0 saturated carbocycles. The van der Waals surface area contributed by atoms with Crippen molar-refractivity contribution in [2.45, 2.75) is 13.0 Å². The maximum Gasteiger partial charge on any atom is 0.340 e. The van der Waals surface area contributed by atoms with Gasteiger partial charge in [-0.25, -0.2) is 14.2 Å². The third kappa shape index (κ3) is 4.74. The van der Waals surface area contributed by atoms with Crippen LogP contribution in [-0.2, 0) is 9.53 Å². The monoisotopic (exact) mass is 400 g/mol. The first-order chi connectivity index (χ1) is 10.9. The fourth-order valence-corrected chi connectivity index (χ4v) is 2.13. The zero-order chi connectivity index (χ0) is 17.0. The van der Waals surface area contributed by atoms with E-state index in [0.29, 0.717) is 9.50 Å². The van der Waals surface area contributed by atoms with E-state index in [0.717, 1.165) is 6.07 Å². The van der Waals surface area contributed by atoms with Gasteiger partial charge in [0.15, 0.2) is 6.10 Å². The molecule has 0 bridgehead atoms. The topological polar surface area (TPSA) is 68.3 Å². The van der Waals surface area contributed by atoms with E-state index in [-0.39, 0.29) is 11.4 Å². The summed E-state index contributed by atoms with van der Waals surface area (Å²) in [5, 5.41) is 2.91. The van der Waals surface area contributed by atoms with Crippen molar-refractivity contribution < 1.29 is 18.7 Å². The van der Waals surface area contributed by atoms with Crippen LogP contribution in [0.4, 0.5) is 10.2 Å². The maximum atomic E-state index is 13.2. The van der Waals surface area contributed by atoms with Gasteiger partial charge in [0.25, 0.3) is 5.91 Å². The predicted octanol–water partition coefficient (Wildman–Crippen LogP) is 3.82. The van der Waals surface area contributed by atoms with Crippen molar-refractivity contribution in [2.24, 2.45) is 0 Å². The molecule has 2 aromatic rings. The number of halogens is 3. The highest BCUT2D eigenvalue weighted by molar-refractivity contribution is 9.10. The van der Waals surface area contributed by atoms with Crippen LogP contribution < -0.4 is 5.32 Å². The van der Waals surface area contributed by atoms with Crippen molar-refractivity contribution in [3.8, 4) is 0 Å². The molecule has 0 aliphatic heterocycles. The molecule has 5 nitrogen and oxygen atoms in total. The molecule has 8 heteroatoms. The number of hydrogen-bond acceptors (Lipinski definition) is 4. The van der Waals surface area contributed by atoms with E-state index >= 15 is 0 Å². The van der Waals surface area contributed by atoms with Gasteiger partial charge in [-0.15, -0.1) is 0 Å². The summed E-state index contributed by atoms with van der Waals surface area (Å²) in [6, 6.07) is 6.68. The number of ether oxygens (including phenoxy) is 1. The second kappa shape index (κ2) is 7.52. The molecule has 0 spiro atoms. The summed E-state index contributed by atoms with van der Waals surface area (Å²) in [6.07, 6.45) is 0.285. The molecule has 120 valence electrons. The molecule has 1 aromatic heterocycles. The molecule has 0 fully saturated rings. The number of nitrogens with one attached hydrogen (secondary N) is 1. The van der Waals surface area contributed by atoms with Crippen molar-refractivity contribution in [2.75, 3.05) is 5.32 Å². The number of benzene rings is 1. The number of carbonyl (C=O) groups is 2. The minimum Gasteiger partial charge on any atom is -0.449 e. The highest BCUT2D eigenvalue weighted by Crippen LogP contribution is 2.19. The Morgan fingerprint density at radius 1 is 1.35 bits per heavy atom. The van der Waals surface area contributed by atoms with Crippen LogP contribution in [0.25, 0.3) is 0 Å². The van der Waals surface area contributed by atoms with Crippen LogP contribution in [-0.4, -0.2) is 23.0 Å².